The van der Waals surface area contributed by atoms with Crippen LogP contribution in [-0.4, -0.2) is 15.9 Å². The van der Waals surface area contributed by atoms with E-state index in [0.717, 1.165) is 38.6 Å². The van der Waals surface area contributed by atoms with Gasteiger partial charge in [0.1, 0.15) is 5.69 Å². The van der Waals surface area contributed by atoms with Crippen LogP contribution in [-0.2, 0) is 0 Å². The van der Waals surface area contributed by atoms with E-state index in [1.165, 1.54) is 0 Å². The molecule has 0 fully saturated rings. The van der Waals surface area contributed by atoms with Crippen LogP contribution in [0.15, 0.2) is 54.7 Å². The molecule has 0 saturated heterocycles. The molecule has 2 N–H and O–H groups in total. The van der Waals surface area contributed by atoms with Gasteiger partial charge in [0.05, 0.1) is 11.7 Å². The highest BCUT2D eigenvalue weighted by Crippen LogP contribution is 2.26. The fourth-order valence-electron chi connectivity index (χ4n) is 3.06. The Kier molecular flexibility index (Phi) is 3.31. The van der Waals surface area contributed by atoms with Crippen molar-refractivity contribution in [1.29, 1.82) is 0 Å². The Labute approximate surface area is 139 Å². The number of hydrogen-bond acceptors (Lipinski definition) is 2. The summed E-state index contributed by atoms with van der Waals surface area (Å²) in [5.74, 6) is -0.195. The summed E-state index contributed by atoms with van der Waals surface area (Å²) in [5, 5.41) is 5.09. The lowest BCUT2D eigenvalue weighted by molar-refractivity contribution is 0.102. The van der Waals surface area contributed by atoms with Gasteiger partial charge in [0, 0.05) is 22.0 Å². The molecule has 2 aromatic carbocycles. The lowest BCUT2D eigenvalue weighted by Gasteiger charge is -2.11. The van der Waals surface area contributed by atoms with Gasteiger partial charge in [0.2, 0.25) is 0 Å². The van der Waals surface area contributed by atoms with Crippen LogP contribution in [0, 0.1) is 13.8 Å². The number of carbonyl (C=O) groups is 1. The average Bonchev–Trinajstić information content (AvgIpc) is 2.96. The molecular formula is C20H17N3O. The van der Waals surface area contributed by atoms with Gasteiger partial charge in [-0.15, -0.1) is 0 Å². The predicted molar refractivity (Wildman–Crippen MR) is 97.5 cm³/mol. The fourth-order valence-corrected chi connectivity index (χ4v) is 3.06. The van der Waals surface area contributed by atoms with Crippen LogP contribution in [0.5, 0.6) is 0 Å². The molecule has 1 amide bonds. The second-order valence-electron chi connectivity index (χ2n) is 6.01. The van der Waals surface area contributed by atoms with E-state index in [9.17, 15) is 4.79 Å². The predicted octanol–water partition coefficient (Wildman–Crippen LogP) is 4.59. The SMILES string of the molecule is Cc1cccc(C)c1NC(=O)c1cc2c(cn1)[nH]c1ccccc12. The summed E-state index contributed by atoms with van der Waals surface area (Å²) in [4.78, 5) is 20.3. The summed E-state index contributed by atoms with van der Waals surface area (Å²) in [5.41, 5.74) is 5.31. The normalized spacial score (nSPS) is 11.1. The van der Waals surface area contributed by atoms with E-state index in [0.29, 0.717) is 5.69 Å². The van der Waals surface area contributed by atoms with Crippen molar-refractivity contribution in [2.75, 3.05) is 5.32 Å². The van der Waals surface area contributed by atoms with Gasteiger partial charge in [-0.3, -0.25) is 4.79 Å². The molecule has 0 aliphatic heterocycles. The van der Waals surface area contributed by atoms with Gasteiger partial charge in [-0.05, 0) is 37.1 Å². The first-order valence-electron chi connectivity index (χ1n) is 7.87. The Bertz CT molecular complexity index is 1060. The number of aromatic amines is 1. The smallest absolute Gasteiger partial charge is 0.274 e. The quantitative estimate of drug-likeness (QED) is 0.568. The highest BCUT2D eigenvalue weighted by atomic mass is 16.1. The lowest BCUT2D eigenvalue weighted by atomic mass is 10.1. The van der Waals surface area contributed by atoms with E-state index in [1.54, 1.807) is 6.20 Å². The Balaban J connectivity index is 1.76. The van der Waals surface area contributed by atoms with Crippen LogP contribution >= 0.6 is 0 Å². The number of aromatic nitrogens is 2. The van der Waals surface area contributed by atoms with E-state index in [4.69, 9.17) is 0 Å². The van der Waals surface area contributed by atoms with Crippen molar-refractivity contribution < 1.29 is 4.79 Å². The fraction of sp³-hybridized carbons (Fsp3) is 0.100. The topological polar surface area (TPSA) is 57.8 Å². The largest absolute Gasteiger partial charge is 0.353 e. The van der Waals surface area contributed by atoms with Gasteiger partial charge >= 0.3 is 0 Å². The maximum atomic E-state index is 12.6. The van der Waals surface area contributed by atoms with Gasteiger partial charge in [-0.1, -0.05) is 36.4 Å². The molecule has 118 valence electrons. The monoisotopic (exact) mass is 315 g/mol. The van der Waals surface area contributed by atoms with E-state index >= 15 is 0 Å². The van der Waals surface area contributed by atoms with E-state index in [1.807, 2.05) is 62.4 Å². The molecular weight excluding hydrogens is 298 g/mol. The third-order valence-corrected chi connectivity index (χ3v) is 4.34. The van der Waals surface area contributed by atoms with Crippen LogP contribution < -0.4 is 5.32 Å². The number of aryl methyl sites for hydroxylation is 2. The molecule has 0 aliphatic carbocycles. The first-order chi connectivity index (χ1) is 11.6. The highest BCUT2D eigenvalue weighted by Gasteiger charge is 2.13. The number of hydrogen-bond donors (Lipinski definition) is 2. The molecule has 0 atom stereocenters. The first-order valence-corrected chi connectivity index (χ1v) is 7.87. The summed E-state index contributed by atoms with van der Waals surface area (Å²) >= 11 is 0. The first kappa shape index (κ1) is 14.5. The molecule has 0 aliphatic rings. The van der Waals surface area contributed by atoms with Crippen LogP contribution in [0.4, 0.5) is 5.69 Å². The molecule has 4 nitrogen and oxygen atoms in total. The van der Waals surface area contributed by atoms with E-state index in [2.05, 4.69) is 15.3 Å². The zero-order valence-electron chi connectivity index (χ0n) is 13.6. The van der Waals surface area contributed by atoms with Crippen molar-refractivity contribution in [1.82, 2.24) is 9.97 Å². The van der Waals surface area contributed by atoms with Crippen molar-refractivity contribution in [3.8, 4) is 0 Å². The number of fused-ring (bicyclic) bond motifs is 3. The summed E-state index contributed by atoms with van der Waals surface area (Å²) in [6.45, 7) is 3.97. The summed E-state index contributed by atoms with van der Waals surface area (Å²) < 4.78 is 0. The zero-order chi connectivity index (χ0) is 16.7. The number of carbonyl (C=O) groups excluding carboxylic acids is 1. The molecule has 4 rings (SSSR count). The summed E-state index contributed by atoms with van der Waals surface area (Å²) in [6.07, 6.45) is 1.72. The van der Waals surface area contributed by atoms with E-state index in [-0.39, 0.29) is 5.91 Å². The molecule has 0 radical (unpaired) electrons. The lowest BCUT2D eigenvalue weighted by Crippen LogP contribution is -2.15. The molecule has 0 unspecified atom stereocenters. The number of amides is 1. The van der Waals surface area contributed by atoms with E-state index < -0.39 is 0 Å². The maximum absolute atomic E-state index is 12.6. The minimum Gasteiger partial charge on any atom is -0.353 e. The third-order valence-electron chi connectivity index (χ3n) is 4.34. The molecule has 0 saturated carbocycles. The second-order valence-corrected chi connectivity index (χ2v) is 6.01. The van der Waals surface area contributed by atoms with Crippen molar-refractivity contribution >= 4 is 33.4 Å². The van der Waals surface area contributed by atoms with Crippen LogP contribution in [0.3, 0.4) is 0 Å². The number of H-pyrrole nitrogens is 1. The van der Waals surface area contributed by atoms with Crippen LogP contribution in [0.2, 0.25) is 0 Å². The number of nitrogens with zero attached hydrogens (tertiary/aromatic N) is 1. The molecule has 2 heterocycles. The molecule has 2 aromatic heterocycles. The van der Waals surface area contributed by atoms with Gasteiger partial charge in [0.15, 0.2) is 0 Å². The number of pyridine rings is 1. The number of anilines is 1. The van der Waals surface area contributed by atoms with Gasteiger partial charge in [-0.25, -0.2) is 4.98 Å². The Morgan fingerprint density at radius 3 is 2.50 bits per heavy atom. The number of nitrogens with one attached hydrogen (secondary N) is 2. The maximum Gasteiger partial charge on any atom is 0.274 e. The number of benzene rings is 2. The van der Waals surface area contributed by atoms with Crippen LogP contribution in [0.25, 0.3) is 21.8 Å². The standard InChI is InChI=1S/C20H17N3O/c1-12-6-5-7-13(2)19(12)23-20(24)17-10-15-14-8-3-4-9-16(14)22-18(15)11-21-17/h3-11,22H,1-2H3,(H,23,24). The minimum atomic E-state index is -0.195. The summed E-state index contributed by atoms with van der Waals surface area (Å²) in [6, 6.07) is 15.8. The molecule has 0 bridgehead atoms. The minimum absolute atomic E-state index is 0.195. The van der Waals surface area contributed by atoms with Crippen molar-refractivity contribution in [2.45, 2.75) is 13.8 Å². The van der Waals surface area contributed by atoms with Gasteiger partial charge < -0.3 is 10.3 Å². The van der Waals surface area contributed by atoms with Crippen LogP contribution in [0.1, 0.15) is 21.6 Å². The Morgan fingerprint density at radius 1 is 0.958 bits per heavy atom. The zero-order valence-corrected chi connectivity index (χ0v) is 13.6. The van der Waals surface area contributed by atoms with Gasteiger partial charge in [-0.2, -0.15) is 0 Å². The summed E-state index contributed by atoms with van der Waals surface area (Å²) in [7, 11) is 0. The molecule has 0 spiro atoms. The molecule has 4 heteroatoms. The third kappa shape index (κ3) is 2.33. The second kappa shape index (κ2) is 5.49. The highest BCUT2D eigenvalue weighted by molar-refractivity contribution is 6.11. The molecule has 4 aromatic rings. The number of rotatable bonds is 2. The number of para-hydroxylation sites is 2. The Hall–Kier alpha value is -3.14. The van der Waals surface area contributed by atoms with Crippen molar-refractivity contribution in [3.63, 3.8) is 0 Å². The van der Waals surface area contributed by atoms with Crippen molar-refractivity contribution in [2.24, 2.45) is 0 Å². The van der Waals surface area contributed by atoms with Gasteiger partial charge in [0.25, 0.3) is 5.91 Å². The average molecular weight is 315 g/mol. The Morgan fingerprint density at radius 2 is 1.71 bits per heavy atom. The molecule has 24 heavy (non-hydrogen) atoms. The van der Waals surface area contributed by atoms with Crippen molar-refractivity contribution in [3.05, 3.63) is 71.5 Å².